The van der Waals surface area contributed by atoms with E-state index in [4.69, 9.17) is 16.3 Å². The van der Waals surface area contributed by atoms with Crippen molar-refractivity contribution in [3.63, 3.8) is 0 Å². The second-order valence-corrected chi connectivity index (χ2v) is 7.07. The lowest BCUT2D eigenvalue weighted by Gasteiger charge is -2.27. The molecule has 120 valence electrons. The lowest BCUT2D eigenvalue weighted by molar-refractivity contribution is -0.131. The Balaban J connectivity index is 1.85. The molecule has 2 fully saturated rings. The lowest BCUT2D eigenvalue weighted by atomic mass is 9.73. The van der Waals surface area contributed by atoms with Gasteiger partial charge in [-0.05, 0) is 31.5 Å². The van der Waals surface area contributed by atoms with Crippen LogP contribution in [0.4, 0.5) is 5.69 Å². The van der Waals surface area contributed by atoms with Crippen molar-refractivity contribution in [2.24, 2.45) is 11.8 Å². The van der Waals surface area contributed by atoms with Gasteiger partial charge in [0.15, 0.2) is 0 Å². The van der Waals surface area contributed by atoms with Crippen molar-refractivity contribution in [3.8, 4) is 0 Å². The zero-order chi connectivity index (χ0) is 16.6. The number of imide groups is 1. The van der Waals surface area contributed by atoms with E-state index in [2.05, 4.69) is 0 Å². The van der Waals surface area contributed by atoms with E-state index in [1.165, 1.54) is 4.90 Å². The molecule has 1 aromatic rings. The molecule has 2 bridgehead atoms. The van der Waals surface area contributed by atoms with Crippen molar-refractivity contribution < 1.29 is 19.4 Å². The average molecular weight is 334 g/mol. The van der Waals surface area contributed by atoms with Crippen molar-refractivity contribution >= 4 is 29.1 Å². The summed E-state index contributed by atoms with van der Waals surface area (Å²) in [4.78, 5) is 27.2. The minimum atomic E-state index is -1.10. The highest BCUT2D eigenvalue weighted by atomic mass is 35.5. The van der Waals surface area contributed by atoms with Gasteiger partial charge in [0.25, 0.3) is 0 Å². The van der Waals surface area contributed by atoms with E-state index in [0.29, 0.717) is 10.7 Å². The largest absolute Gasteiger partial charge is 0.393 e. The predicted octanol–water partition coefficient (Wildman–Crippen LogP) is 1.84. The normalized spacial score (nSPS) is 37.8. The first-order valence-corrected chi connectivity index (χ1v) is 7.86. The van der Waals surface area contributed by atoms with Crippen LogP contribution in [-0.4, -0.2) is 34.7 Å². The fraction of sp³-hybridized carbons (Fsp3) is 0.412. The Kier molecular flexibility index (Phi) is 2.87. The number of nitrogens with zero attached hydrogens (tertiary/aromatic N) is 1. The van der Waals surface area contributed by atoms with Gasteiger partial charge in [-0.2, -0.15) is 0 Å². The van der Waals surface area contributed by atoms with Crippen molar-refractivity contribution in [2.75, 3.05) is 11.5 Å². The maximum absolute atomic E-state index is 13.0. The SMILES string of the molecule is Cc1ccc(Cl)cc1N1C(=O)[C@@H]2[C@H](C1=O)[C@@]1(CO)C=C[C@@]2(C)O1. The molecule has 2 amide bonds. The van der Waals surface area contributed by atoms with Crippen molar-refractivity contribution in [3.05, 3.63) is 40.9 Å². The number of carbonyl (C=O) groups is 2. The van der Waals surface area contributed by atoms with Gasteiger partial charge in [-0.3, -0.25) is 9.59 Å². The van der Waals surface area contributed by atoms with Gasteiger partial charge in [0.05, 0.1) is 29.7 Å². The maximum Gasteiger partial charge on any atom is 0.241 e. The van der Waals surface area contributed by atoms with Crippen LogP contribution in [-0.2, 0) is 14.3 Å². The Labute approximate surface area is 138 Å². The summed E-state index contributed by atoms with van der Waals surface area (Å²) < 4.78 is 5.89. The zero-order valence-electron chi connectivity index (χ0n) is 12.7. The third-order valence-electron chi connectivity index (χ3n) is 5.22. The van der Waals surface area contributed by atoms with E-state index < -0.39 is 23.0 Å². The van der Waals surface area contributed by atoms with Crippen LogP contribution in [0.3, 0.4) is 0 Å². The molecular formula is C17H16ClNO4. The van der Waals surface area contributed by atoms with Gasteiger partial charge in [-0.25, -0.2) is 4.90 Å². The topological polar surface area (TPSA) is 66.8 Å². The number of ether oxygens (including phenoxy) is 1. The molecule has 3 aliphatic heterocycles. The number of hydrogen-bond acceptors (Lipinski definition) is 4. The van der Waals surface area contributed by atoms with E-state index in [9.17, 15) is 14.7 Å². The molecule has 1 aromatic carbocycles. The Morgan fingerprint density at radius 1 is 1.26 bits per heavy atom. The zero-order valence-corrected chi connectivity index (χ0v) is 13.5. The quantitative estimate of drug-likeness (QED) is 0.662. The number of rotatable bonds is 2. The standard InChI is InChI=1S/C17H16ClNO4/c1-9-3-4-10(18)7-11(9)19-14(21)12-13(15(19)22)17(8-20)6-5-16(12,2)23-17/h3-7,12-13,20H,8H2,1-2H3/t12-,13+,16+,17-/m0/s1. The van der Waals surface area contributed by atoms with E-state index in [-0.39, 0.29) is 18.4 Å². The fourth-order valence-electron chi connectivity index (χ4n) is 4.10. The molecule has 4 rings (SSSR count). The molecule has 6 heteroatoms. The summed E-state index contributed by atoms with van der Waals surface area (Å²) in [5, 5.41) is 10.2. The summed E-state index contributed by atoms with van der Waals surface area (Å²) in [7, 11) is 0. The van der Waals surface area contributed by atoms with Gasteiger partial charge in [-0.15, -0.1) is 0 Å². The van der Waals surface area contributed by atoms with Crippen molar-refractivity contribution in [1.29, 1.82) is 0 Å². The summed E-state index contributed by atoms with van der Waals surface area (Å²) in [5.41, 5.74) is -0.673. The average Bonchev–Trinajstić information content (AvgIpc) is 3.09. The number of halogens is 1. The molecule has 0 aliphatic carbocycles. The second-order valence-electron chi connectivity index (χ2n) is 6.63. The van der Waals surface area contributed by atoms with Gasteiger partial charge in [0.2, 0.25) is 11.8 Å². The van der Waals surface area contributed by atoms with Crippen molar-refractivity contribution in [2.45, 2.75) is 25.0 Å². The molecule has 4 atom stereocenters. The second kappa shape index (κ2) is 4.44. The monoisotopic (exact) mass is 333 g/mol. The number of benzene rings is 1. The third kappa shape index (κ3) is 1.70. The summed E-state index contributed by atoms with van der Waals surface area (Å²) in [6, 6.07) is 5.12. The molecule has 0 aromatic heterocycles. The summed E-state index contributed by atoms with van der Waals surface area (Å²) in [5.74, 6) is -1.96. The van der Waals surface area contributed by atoms with Crippen LogP contribution in [0.1, 0.15) is 12.5 Å². The van der Waals surface area contributed by atoms with Crippen LogP contribution in [0.25, 0.3) is 0 Å². The van der Waals surface area contributed by atoms with Gasteiger partial charge in [-0.1, -0.05) is 29.8 Å². The number of anilines is 1. The molecular weight excluding hydrogens is 318 g/mol. The molecule has 0 spiro atoms. The van der Waals surface area contributed by atoms with E-state index in [0.717, 1.165) is 5.56 Å². The minimum Gasteiger partial charge on any atom is -0.393 e. The van der Waals surface area contributed by atoms with E-state index in [1.807, 2.05) is 6.92 Å². The Morgan fingerprint density at radius 2 is 1.96 bits per heavy atom. The number of aryl methyl sites for hydroxylation is 1. The third-order valence-corrected chi connectivity index (χ3v) is 5.45. The smallest absolute Gasteiger partial charge is 0.241 e. The van der Waals surface area contributed by atoms with Gasteiger partial charge < -0.3 is 9.84 Å². The fourth-order valence-corrected chi connectivity index (χ4v) is 4.27. The number of hydrogen-bond donors (Lipinski definition) is 1. The first-order valence-electron chi connectivity index (χ1n) is 7.48. The van der Waals surface area contributed by atoms with E-state index >= 15 is 0 Å². The summed E-state index contributed by atoms with van der Waals surface area (Å²) in [6.07, 6.45) is 3.50. The Bertz CT molecular complexity index is 776. The number of aliphatic hydroxyl groups is 1. The molecule has 3 heterocycles. The van der Waals surface area contributed by atoms with Gasteiger partial charge >= 0.3 is 0 Å². The van der Waals surface area contributed by atoms with Crippen LogP contribution in [0.5, 0.6) is 0 Å². The van der Waals surface area contributed by atoms with Crippen LogP contribution in [0.2, 0.25) is 5.02 Å². The number of aliphatic hydroxyl groups excluding tert-OH is 1. The van der Waals surface area contributed by atoms with Gasteiger partial charge in [0, 0.05) is 5.02 Å². The Hall–Kier alpha value is -1.69. The molecule has 3 aliphatic rings. The predicted molar refractivity (Wildman–Crippen MR) is 84.1 cm³/mol. The highest BCUT2D eigenvalue weighted by Gasteiger charge is 2.72. The summed E-state index contributed by atoms with van der Waals surface area (Å²) in [6.45, 7) is 3.28. The van der Waals surface area contributed by atoms with Gasteiger partial charge in [0.1, 0.15) is 5.60 Å². The summed E-state index contributed by atoms with van der Waals surface area (Å²) >= 11 is 6.04. The molecule has 23 heavy (non-hydrogen) atoms. The molecule has 5 nitrogen and oxygen atoms in total. The van der Waals surface area contributed by atoms with Crippen LogP contribution >= 0.6 is 11.6 Å². The highest BCUT2D eigenvalue weighted by Crippen LogP contribution is 2.57. The molecule has 0 saturated carbocycles. The number of carbonyl (C=O) groups excluding carboxylic acids is 2. The minimum absolute atomic E-state index is 0.299. The van der Waals surface area contributed by atoms with Crippen LogP contribution in [0, 0.1) is 18.8 Å². The van der Waals surface area contributed by atoms with Crippen LogP contribution in [0.15, 0.2) is 30.4 Å². The number of fused-ring (bicyclic) bond motifs is 5. The van der Waals surface area contributed by atoms with Crippen LogP contribution < -0.4 is 4.90 Å². The maximum atomic E-state index is 13.0. The van der Waals surface area contributed by atoms with Crippen molar-refractivity contribution in [1.82, 2.24) is 0 Å². The molecule has 1 N–H and O–H groups in total. The number of amides is 2. The first kappa shape index (κ1) is 14.9. The lowest BCUT2D eigenvalue weighted by Crippen LogP contribution is -2.43. The Morgan fingerprint density at radius 3 is 2.65 bits per heavy atom. The van der Waals surface area contributed by atoms with E-state index in [1.54, 1.807) is 37.3 Å². The molecule has 2 saturated heterocycles. The molecule has 0 unspecified atom stereocenters. The highest BCUT2D eigenvalue weighted by molar-refractivity contribution is 6.31. The molecule has 0 radical (unpaired) electrons. The first-order chi connectivity index (χ1) is 10.8.